The first-order valence-electron chi connectivity index (χ1n) is 7.83. The summed E-state index contributed by atoms with van der Waals surface area (Å²) in [4.78, 5) is 14.3. The summed E-state index contributed by atoms with van der Waals surface area (Å²) in [6, 6.07) is 12.4. The van der Waals surface area contributed by atoms with E-state index in [1.165, 1.54) is 0 Å². The minimum Gasteiger partial charge on any atom is -0.495 e. The maximum Gasteiger partial charge on any atom is 0.322 e. The summed E-state index contributed by atoms with van der Waals surface area (Å²) < 4.78 is 10.9. The number of methoxy groups -OCH3 is 1. The van der Waals surface area contributed by atoms with Crippen LogP contribution < -0.4 is 10.1 Å². The van der Waals surface area contributed by atoms with E-state index < -0.39 is 0 Å². The lowest BCUT2D eigenvalue weighted by atomic mass is 10.1. The number of carbonyl (C=O) groups excluding carboxylic acids is 1. The van der Waals surface area contributed by atoms with E-state index in [9.17, 15) is 4.79 Å². The quantitative estimate of drug-likeness (QED) is 0.845. The molecule has 1 saturated heterocycles. The average molecular weight is 381 g/mol. The number of benzene rings is 2. The second-order valence-electron chi connectivity index (χ2n) is 5.64. The largest absolute Gasteiger partial charge is 0.495 e. The highest BCUT2D eigenvalue weighted by molar-refractivity contribution is 6.32. The standard InChI is InChI=1S/C18H18Cl2N2O3/c1-24-16-7-6-14(10-15(16)20)21-18(23)22-8-9-25-17(11-22)12-2-4-13(19)5-3-12/h2-7,10,17H,8-9,11H2,1H3,(H,21,23). The fourth-order valence-electron chi connectivity index (χ4n) is 2.66. The summed E-state index contributed by atoms with van der Waals surface area (Å²) in [6.07, 6.45) is -0.170. The SMILES string of the molecule is COc1ccc(NC(=O)N2CCOC(c3ccc(Cl)cc3)C2)cc1Cl. The molecule has 3 rings (SSSR count). The Labute approximate surface area is 156 Å². The van der Waals surface area contributed by atoms with Gasteiger partial charge in [-0.05, 0) is 35.9 Å². The summed E-state index contributed by atoms with van der Waals surface area (Å²) in [5.41, 5.74) is 1.61. The van der Waals surface area contributed by atoms with Crippen LogP contribution in [0.2, 0.25) is 10.0 Å². The molecule has 0 saturated carbocycles. The molecule has 0 aromatic heterocycles. The second-order valence-corrected chi connectivity index (χ2v) is 6.48. The van der Waals surface area contributed by atoms with E-state index in [-0.39, 0.29) is 12.1 Å². The van der Waals surface area contributed by atoms with Crippen LogP contribution in [0.3, 0.4) is 0 Å². The first-order chi connectivity index (χ1) is 12.1. The predicted octanol–water partition coefficient (Wildman–Crippen LogP) is 4.61. The van der Waals surface area contributed by atoms with Crippen molar-refractivity contribution < 1.29 is 14.3 Å². The van der Waals surface area contributed by atoms with Crippen molar-refractivity contribution in [2.75, 3.05) is 32.1 Å². The molecule has 0 bridgehead atoms. The van der Waals surface area contributed by atoms with Crippen molar-refractivity contribution in [2.24, 2.45) is 0 Å². The van der Waals surface area contributed by atoms with Crippen molar-refractivity contribution >= 4 is 34.9 Å². The summed E-state index contributed by atoms with van der Waals surface area (Å²) in [6.45, 7) is 1.47. The maximum absolute atomic E-state index is 12.5. The number of amides is 2. The fraction of sp³-hybridized carbons (Fsp3) is 0.278. The molecule has 132 valence electrons. The number of carbonyl (C=O) groups is 1. The first kappa shape index (κ1) is 17.9. The van der Waals surface area contributed by atoms with Gasteiger partial charge in [-0.3, -0.25) is 0 Å². The number of ether oxygens (including phenoxy) is 2. The van der Waals surface area contributed by atoms with Crippen molar-refractivity contribution in [2.45, 2.75) is 6.10 Å². The maximum atomic E-state index is 12.5. The molecule has 5 nitrogen and oxygen atoms in total. The number of hydrogen-bond donors (Lipinski definition) is 1. The Morgan fingerprint density at radius 1 is 1.24 bits per heavy atom. The lowest BCUT2D eigenvalue weighted by Crippen LogP contribution is -2.44. The van der Waals surface area contributed by atoms with Crippen LogP contribution >= 0.6 is 23.2 Å². The van der Waals surface area contributed by atoms with Gasteiger partial charge in [0.1, 0.15) is 11.9 Å². The van der Waals surface area contributed by atoms with Gasteiger partial charge in [-0.15, -0.1) is 0 Å². The Hall–Kier alpha value is -1.95. The molecule has 1 fully saturated rings. The van der Waals surface area contributed by atoms with E-state index in [0.29, 0.717) is 41.2 Å². The topological polar surface area (TPSA) is 50.8 Å². The zero-order valence-corrected chi connectivity index (χ0v) is 15.2. The summed E-state index contributed by atoms with van der Waals surface area (Å²) in [5, 5.41) is 3.97. The zero-order valence-electron chi connectivity index (χ0n) is 13.7. The molecular weight excluding hydrogens is 363 g/mol. The molecule has 2 amide bonds. The van der Waals surface area contributed by atoms with Gasteiger partial charge in [-0.1, -0.05) is 35.3 Å². The molecule has 2 aromatic carbocycles. The van der Waals surface area contributed by atoms with Crippen molar-refractivity contribution in [3.63, 3.8) is 0 Å². The van der Waals surface area contributed by atoms with Crippen LogP contribution in [0.25, 0.3) is 0 Å². The molecule has 1 N–H and O–H groups in total. The van der Waals surface area contributed by atoms with E-state index in [1.54, 1.807) is 30.2 Å². The molecule has 0 radical (unpaired) electrons. The zero-order chi connectivity index (χ0) is 17.8. The molecule has 1 aliphatic rings. The first-order valence-corrected chi connectivity index (χ1v) is 8.59. The monoisotopic (exact) mass is 380 g/mol. The number of halogens is 2. The molecule has 1 unspecified atom stereocenters. The minimum atomic E-state index is -0.191. The third-order valence-electron chi connectivity index (χ3n) is 4.00. The van der Waals surface area contributed by atoms with Gasteiger partial charge in [0.05, 0.1) is 25.3 Å². The number of nitrogens with zero attached hydrogens (tertiary/aromatic N) is 1. The van der Waals surface area contributed by atoms with Crippen molar-refractivity contribution in [1.82, 2.24) is 4.90 Å². The lowest BCUT2D eigenvalue weighted by molar-refractivity contribution is -0.0135. The van der Waals surface area contributed by atoms with Crippen LogP contribution in [0.15, 0.2) is 42.5 Å². The van der Waals surface area contributed by atoms with E-state index in [1.807, 2.05) is 24.3 Å². The van der Waals surface area contributed by atoms with Crippen LogP contribution in [-0.2, 0) is 4.74 Å². The fourth-order valence-corrected chi connectivity index (χ4v) is 3.04. The van der Waals surface area contributed by atoms with Crippen molar-refractivity contribution in [3.8, 4) is 5.75 Å². The normalized spacial score (nSPS) is 17.2. The van der Waals surface area contributed by atoms with Gasteiger partial charge >= 0.3 is 6.03 Å². The van der Waals surface area contributed by atoms with E-state index in [2.05, 4.69) is 5.32 Å². The number of rotatable bonds is 3. The molecule has 7 heteroatoms. The van der Waals surface area contributed by atoms with Crippen molar-refractivity contribution in [3.05, 3.63) is 58.1 Å². The highest BCUT2D eigenvalue weighted by Gasteiger charge is 2.25. The van der Waals surface area contributed by atoms with Crippen LogP contribution in [0.1, 0.15) is 11.7 Å². The second kappa shape index (κ2) is 7.95. The summed E-state index contributed by atoms with van der Waals surface area (Å²) >= 11 is 12.0. The van der Waals surface area contributed by atoms with Gasteiger partial charge in [-0.25, -0.2) is 4.79 Å². The highest BCUT2D eigenvalue weighted by atomic mass is 35.5. The molecule has 1 aliphatic heterocycles. The van der Waals surface area contributed by atoms with Gasteiger partial charge < -0.3 is 19.7 Å². The minimum absolute atomic E-state index is 0.170. The summed E-state index contributed by atoms with van der Waals surface area (Å²) in [5.74, 6) is 0.564. The van der Waals surface area contributed by atoms with E-state index in [4.69, 9.17) is 32.7 Å². The van der Waals surface area contributed by atoms with Gasteiger partial charge in [0.2, 0.25) is 0 Å². The number of morpholine rings is 1. The van der Waals surface area contributed by atoms with Crippen LogP contribution in [0.4, 0.5) is 10.5 Å². The number of anilines is 1. The molecule has 2 aromatic rings. The van der Waals surface area contributed by atoms with Gasteiger partial charge in [0.25, 0.3) is 0 Å². The van der Waals surface area contributed by atoms with Gasteiger partial charge in [0.15, 0.2) is 0 Å². The molecule has 0 aliphatic carbocycles. The number of urea groups is 1. The van der Waals surface area contributed by atoms with E-state index in [0.717, 1.165) is 5.56 Å². The highest BCUT2D eigenvalue weighted by Crippen LogP contribution is 2.28. The smallest absolute Gasteiger partial charge is 0.322 e. The Morgan fingerprint density at radius 3 is 2.68 bits per heavy atom. The Bertz CT molecular complexity index is 752. The van der Waals surface area contributed by atoms with E-state index >= 15 is 0 Å². The third kappa shape index (κ3) is 4.37. The predicted molar refractivity (Wildman–Crippen MR) is 98.7 cm³/mol. The molecule has 0 spiro atoms. The number of nitrogens with one attached hydrogen (secondary N) is 1. The molecule has 1 heterocycles. The third-order valence-corrected chi connectivity index (χ3v) is 4.55. The Morgan fingerprint density at radius 2 is 2.00 bits per heavy atom. The molecular formula is C18H18Cl2N2O3. The van der Waals surface area contributed by atoms with Crippen molar-refractivity contribution in [1.29, 1.82) is 0 Å². The van der Waals surface area contributed by atoms with Crippen LogP contribution in [0.5, 0.6) is 5.75 Å². The van der Waals surface area contributed by atoms with Gasteiger partial charge in [-0.2, -0.15) is 0 Å². The van der Waals surface area contributed by atoms with Gasteiger partial charge in [0, 0.05) is 17.3 Å². The Kier molecular flexibility index (Phi) is 5.68. The number of hydrogen-bond acceptors (Lipinski definition) is 3. The molecule has 25 heavy (non-hydrogen) atoms. The van der Waals surface area contributed by atoms with Crippen LogP contribution in [-0.4, -0.2) is 37.7 Å². The van der Waals surface area contributed by atoms with Crippen LogP contribution in [0, 0.1) is 0 Å². The Balaban J connectivity index is 1.65. The average Bonchev–Trinajstić information content (AvgIpc) is 2.62. The summed E-state index contributed by atoms with van der Waals surface area (Å²) in [7, 11) is 1.55. The molecule has 1 atom stereocenters. The lowest BCUT2D eigenvalue weighted by Gasteiger charge is -2.33.